The molecule has 7 nitrogen and oxygen atoms in total. The molecule has 1 unspecified atom stereocenters. The van der Waals surface area contributed by atoms with Crippen LogP contribution in [0.25, 0.3) is 11.3 Å². The van der Waals surface area contributed by atoms with Gasteiger partial charge in [-0.3, -0.25) is 9.69 Å². The van der Waals surface area contributed by atoms with Gasteiger partial charge in [0.2, 0.25) is 0 Å². The number of carbonyl (C=O) groups is 1. The summed E-state index contributed by atoms with van der Waals surface area (Å²) in [6.07, 6.45) is 1.27. The fourth-order valence-electron chi connectivity index (χ4n) is 4.81. The standard InChI is InChI=1S/C26H26N4O3S/c1-2-6-22(31)30-18-11-12-19(30)16-29(15-18)26-28-23(24(34-26)25(27)32)17-9-13-21(14-10-17)33-20-7-4-3-5-8-20/h3-5,7-10,13-14,18-19,22,31H,11-12,15-16H2,1H3,(H2,27,32)/t18-,19+,22?. The molecule has 2 fully saturated rings. The van der Waals surface area contributed by atoms with Gasteiger partial charge in [0.1, 0.15) is 16.4 Å². The van der Waals surface area contributed by atoms with E-state index in [1.165, 1.54) is 11.3 Å². The highest BCUT2D eigenvalue weighted by Crippen LogP contribution is 2.38. The number of nitrogens with two attached hydrogens (primary N) is 1. The largest absolute Gasteiger partial charge is 0.457 e. The van der Waals surface area contributed by atoms with Crippen LogP contribution in [0.15, 0.2) is 54.6 Å². The van der Waals surface area contributed by atoms with Crippen LogP contribution >= 0.6 is 11.3 Å². The van der Waals surface area contributed by atoms with Gasteiger partial charge in [-0.25, -0.2) is 4.98 Å². The Balaban J connectivity index is 1.37. The topological polar surface area (TPSA) is 91.9 Å². The van der Waals surface area contributed by atoms with Gasteiger partial charge in [-0.05, 0) is 56.2 Å². The summed E-state index contributed by atoms with van der Waals surface area (Å²) in [5.41, 5.74) is 7.12. The van der Waals surface area contributed by atoms with E-state index >= 15 is 0 Å². The van der Waals surface area contributed by atoms with E-state index in [4.69, 9.17) is 15.5 Å². The molecule has 2 aliphatic heterocycles. The zero-order valence-corrected chi connectivity index (χ0v) is 19.7. The minimum absolute atomic E-state index is 0.202. The molecule has 8 heteroatoms. The molecule has 1 aromatic heterocycles. The number of hydrogen-bond donors (Lipinski definition) is 2. The van der Waals surface area contributed by atoms with Crippen molar-refractivity contribution in [2.75, 3.05) is 18.0 Å². The smallest absolute Gasteiger partial charge is 0.261 e. The van der Waals surface area contributed by atoms with Crippen molar-refractivity contribution >= 4 is 22.4 Å². The maximum atomic E-state index is 12.2. The lowest BCUT2D eigenvalue weighted by Crippen LogP contribution is -2.57. The van der Waals surface area contributed by atoms with E-state index in [1.807, 2.05) is 54.6 Å². The van der Waals surface area contributed by atoms with E-state index in [2.05, 4.69) is 21.6 Å². The third-order valence-corrected chi connectivity index (χ3v) is 7.44. The van der Waals surface area contributed by atoms with Crippen LogP contribution < -0.4 is 15.4 Å². The van der Waals surface area contributed by atoms with Gasteiger partial charge in [0.05, 0.1) is 5.69 Å². The molecule has 2 bridgehead atoms. The molecule has 0 radical (unpaired) electrons. The van der Waals surface area contributed by atoms with Crippen molar-refractivity contribution in [2.45, 2.75) is 38.1 Å². The van der Waals surface area contributed by atoms with Gasteiger partial charge in [0.25, 0.3) is 5.91 Å². The molecule has 174 valence electrons. The van der Waals surface area contributed by atoms with Crippen molar-refractivity contribution in [1.29, 1.82) is 0 Å². The van der Waals surface area contributed by atoms with Crippen LogP contribution in [0.1, 0.15) is 29.4 Å². The second-order valence-electron chi connectivity index (χ2n) is 8.48. The van der Waals surface area contributed by atoms with Gasteiger partial charge in [-0.2, -0.15) is 0 Å². The van der Waals surface area contributed by atoms with Crippen LogP contribution in [0.5, 0.6) is 11.5 Å². The Morgan fingerprint density at radius 1 is 1.12 bits per heavy atom. The average molecular weight is 475 g/mol. The molecule has 2 aliphatic rings. The highest BCUT2D eigenvalue weighted by molar-refractivity contribution is 7.18. The highest BCUT2D eigenvalue weighted by Gasteiger charge is 2.43. The van der Waals surface area contributed by atoms with E-state index in [9.17, 15) is 9.90 Å². The second-order valence-corrected chi connectivity index (χ2v) is 9.46. The molecule has 1 amide bonds. The number of aliphatic hydroxyl groups excluding tert-OH is 1. The fourth-order valence-corrected chi connectivity index (χ4v) is 5.77. The number of hydrogen-bond acceptors (Lipinski definition) is 7. The van der Waals surface area contributed by atoms with E-state index < -0.39 is 12.1 Å². The Bertz CT molecular complexity index is 1220. The molecular weight excluding hydrogens is 448 g/mol. The number of para-hydroxylation sites is 1. The summed E-state index contributed by atoms with van der Waals surface area (Å²) < 4.78 is 5.87. The van der Waals surface area contributed by atoms with Gasteiger partial charge in [-0.15, -0.1) is 5.92 Å². The molecule has 3 aromatic rings. The van der Waals surface area contributed by atoms with Crippen LogP contribution in [0.3, 0.4) is 0 Å². The van der Waals surface area contributed by atoms with Crippen molar-refractivity contribution in [1.82, 2.24) is 9.88 Å². The third kappa shape index (κ3) is 4.38. The normalized spacial score (nSPS) is 20.5. The maximum absolute atomic E-state index is 12.2. The summed E-state index contributed by atoms with van der Waals surface area (Å²) in [7, 11) is 0. The lowest BCUT2D eigenvalue weighted by molar-refractivity contribution is 0.00380. The number of piperazine rings is 1. The van der Waals surface area contributed by atoms with Gasteiger partial charge >= 0.3 is 0 Å². The number of anilines is 1. The van der Waals surface area contributed by atoms with Gasteiger partial charge in [-0.1, -0.05) is 35.5 Å². The summed E-state index contributed by atoms with van der Waals surface area (Å²) >= 11 is 1.33. The molecular formula is C26H26N4O3S. The van der Waals surface area contributed by atoms with Crippen LogP contribution in [-0.2, 0) is 0 Å². The van der Waals surface area contributed by atoms with E-state index in [-0.39, 0.29) is 12.1 Å². The number of benzene rings is 2. The number of thiazole rings is 1. The summed E-state index contributed by atoms with van der Waals surface area (Å²) in [5.74, 6) is 6.65. The first-order valence-electron chi connectivity index (χ1n) is 11.3. The van der Waals surface area contributed by atoms with Crippen molar-refractivity contribution in [2.24, 2.45) is 5.73 Å². The zero-order chi connectivity index (χ0) is 23.7. The molecule has 0 spiro atoms. The number of amides is 1. The summed E-state index contributed by atoms with van der Waals surface area (Å²) in [6, 6.07) is 17.5. The SMILES string of the molecule is CC#CC(O)N1[C@@H]2CC[C@H]1CN(c1nc(-c3ccc(Oc4ccccc4)cc3)c(C(N)=O)s1)C2. The lowest BCUT2D eigenvalue weighted by atomic mass is 10.1. The molecule has 2 saturated heterocycles. The van der Waals surface area contributed by atoms with Gasteiger partial charge in [0.15, 0.2) is 11.4 Å². The molecule has 3 heterocycles. The minimum atomic E-state index is -0.741. The van der Waals surface area contributed by atoms with Crippen LogP contribution in [-0.4, -0.2) is 52.3 Å². The Hall–Kier alpha value is -3.38. The Morgan fingerprint density at radius 3 is 2.38 bits per heavy atom. The number of nitrogens with zero attached hydrogens (tertiary/aromatic N) is 3. The minimum Gasteiger partial charge on any atom is -0.457 e. The highest BCUT2D eigenvalue weighted by atomic mass is 32.1. The van der Waals surface area contributed by atoms with Crippen LogP contribution in [0, 0.1) is 11.8 Å². The average Bonchev–Trinajstić information content (AvgIpc) is 3.40. The molecule has 34 heavy (non-hydrogen) atoms. The Morgan fingerprint density at radius 2 is 1.76 bits per heavy atom. The molecule has 3 N–H and O–H groups in total. The number of rotatable bonds is 6. The van der Waals surface area contributed by atoms with Crippen molar-refractivity contribution < 1.29 is 14.6 Å². The maximum Gasteiger partial charge on any atom is 0.261 e. The molecule has 0 saturated carbocycles. The van der Waals surface area contributed by atoms with E-state index in [0.29, 0.717) is 16.3 Å². The van der Waals surface area contributed by atoms with Crippen LogP contribution in [0.4, 0.5) is 5.13 Å². The number of primary amides is 1. The lowest BCUT2D eigenvalue weighted by Gasteiger charge is -2.41. The molecule has 5 rings (SSSR count). The number of aliphatic hydroxyl groups is 1. The Labute approximate surface area is 202 Å². The second kappa shape index (κ2) is 9.47. The first kappa shape index (κ1) is 22.4. The summed E-state index contributed by atoms with van der Waals surface area (Å²) in [4.78, 5) is 21.8. The molecule has 3 atom stereocenters. The van der Waals surface area contributed by atoms with Crippen LogP contribution in [0.2, 0.25) is 0 Å². The van der Waals surface area contributed by atoms with Gasteiger partial charge in [0, 0.05) is 30.7 Å². The summed E-state index contributed by atoms with van der Waals surface area (Å²) in [5, 5.41) is 11.2. The zero-order valence-electron chi connectivity index (χ0n) is 18.8. The number of fused-ring (bicyclic) bond motifs is 2. The van der Waals surface area contributed by atoms with Crippen molar-refractivity contribution in [3.8, 4) is 34.6 Å². The number of aromatic nitrogens is 1. The summed E-state index contributed by atoms with van der Waals surface area (Å²) in [6.45, 7) is 3.20. The first-order chi connectivity index (χ1) is 16.5. The fraction of sp³-hybridized carbons (Fsp3) is 0.308. The predicted molar refractivity (Wildman–Crippen MR) is 133 cm³/mol. The third-order valence-electron chi connectivity index (χ3n) is 6.31. The monoisotopic (exact) mass is 474 g/mol. The predicted octanol–water partition coefficient (Wildman–Crippen LogP) is 3.70. The van der Waals surface area contributed by atoms with Crippen molar-refractivity contribution in [3.63, 3.8) is 0 Å². The van der Waals surface area contributed by atoms with Gasteiger partial charge < -0.3 is 20.5 Å². The van der Waals surface area contributed by atoms with E-state index in [0.717, 1.165) is 42.4 Å². The Kier molecular flexibility index (Phi) is 6.24. The number of ether oxygens (including phenoxy) is 1. The quantitative estimate of drug-likeness (QED) is 0.530. The first-order valence-corrected chi connectivity index (χ1v) is 12.1. The van der Waals surface area contributed by atoms with E-state index in [1.54, 1.807) is 6.92 Å². The molecule has 0 aliphatic carbocycles. The van der Waals surface area contributed by atoms with Crippen molar-refractivity contribution in [3.05, 3.63) is 59.5 Å². The molecule has 2 aromatic carbocycles. The number of carbonyl (C=O) groups excluding carboxylic acids is 1.